The van der Waals surface area contributed by atoms with E-state index in [1.165, 1.54) is 18.0 Å². The first-order chi connectivity index (χ1) is 8.63. The van der Waals surface area contributed by atoms with Crippen LogP contribution in [0.15, 0.2) is 40.3 Å². The number of anilines is 2. The summed E-state index contributed by atoms with van der Waals surface area (Å²) in [5.41, 5.74) is 2.16. The summed E-state index contributed by atoms with van der Waals surface area (Å²) in [5.74, 6) is 0.668. The van der Waals surface area contributed by atoms with Gasteiger partial charge in [-0.3, -0.25) is 10.1 Å². The summed E-state index contributed by atoms with van der Waals surface area (Å²) in [6, 6.07) is 7.60. The molecule has 5 nitrogen and oxygen atoms in total. The number of fused-ring (bicyclic) bond motifs is 2. The van der Waals surface area contributed by atoms with Gasteiger partial charge < -0.3 is 5.32 Å². The van der Waals surface area contributed by atoms with E-state index in [0.717, 1.165) is 21.0 Å². The van der Waals surface area contributed by atoms with Crippen molar-refractivity contribution in [2.24, 2.45) is 0 Å². The van der Waals surface area contributed by atoms with Gasteiger partial charge in [0.2, 0.25) is 0 Å². The standard InChI is InChI=1S/C12H9N3O2S/c1-7-2-3-9-10(4-7)18-11-5-8(15(16)17)6-13-12(11)14-9/h2-6H,1H3,(H,13,14). The molecule has 2 heterocycles. The number of benzene rings is 1. The van der Waals surface area contributed by atoms with Crippen molar-refractivity contribution in [3.05, 3.63) is 46.1 Å². The molecule has 3 rings (SSSR count). The fourth-order valence-corrected chi connectivity index (χ4v) is 2.86. The lowest BCUT2D eigenvalue weighted by Crippen LogP contribution is -2.03. The molecule has 1 aliphatic rings. The van der Waals surface area contributed by atoms with Gasteiger partial charge in [-0.25, -0.2) is 4.98 Å². The lowest BCUT2D eigenvalue weighted by Gasteiger charge is -2.19. The van der Waals surface area contributed by atoms with E-state index in [1.54, 1.807) is 6.07 Å². The topological polar surface area (TPSA) is 68.1 Å². The van der Waals surface area contributed by atoms with E-state index < -0.39 is 4.92 Å². The van der Waals surface area contributed by atoms with Crippen molar-refractivity contribution in [2.45, 2.75) is 16.7 Å². The molecule has 0 unspecified atom stereocenters. The molecule has 1 N–H and O–H groups in total. The Balaban J connectivity index is 2.05. The monoisotopic (exact) mass is 259 g/mol. The second kappa shape index (κ2) is 3.99. The maximum absolute atomic E-state index is 10.7. The number of aromatic nitrogens is 1. The highest BCUT2D eigenvalue weighted by molar-refractivity contribution is 7.99. The summed E-state index contributed by atoms with van der Waals surface area (Å²) in [7, 11) is 0. The molecule has 0 bridgehead atoms. The maximum Gasteiger partial charge on any atom is 0.288 e. The highest BCUT2D eigenvalue weighted by Crippen LogP contribution is 2.44. The van der Waals surface area contributed by atoms with Gasteiger partial charge in [0.05, 0.1) is 15.5 Å². The number of aryl methyl sites for hydroxylation is 1. The smallest absolute Gasteiger partial charge is 0.288 e. The van der Waals surface area contributed by atoms with Crippen LogP contribution in [0.2, 0.25) is 0 Å². The Hall–Kier alpha value is -2.08. The molecular weight excluding hydrogens is 250 g/mol. The molecule has 1 aromatic heterocycles. The Labute approximate surface area is 107 Å². The van der Waals surface area contributed by atoms with Crippen molar-refractivity contribution >= 4 is 29.0 Å². The van der Waals surface area contributed by atoms with E-state index in [1.807, 2.05) is 19.1 Å². The summed E-state index contributed by atoms with van der Waals surface area (Å²) in [6.45, 7) is 2.02. The van der Waals surface area contributed by atoms with Gasteiger partial charge in [-0.15, -0.1) is 0 Å². The number of nitro groups is 1. The number of pyridine rings is 1. The van der Waals surface area contributed by atoms with E-state index in [9.17, 15) is 10.1 Å². The van der Waals surface area contributed by atoms with E-state index in [2.05, 4.69) is 16.4 Å². The molecule has 0 atom stereocenters. The van der Waals surface area contributed by atoms with Gasteiger partial charge in [-0.1, -0.05) is 17.8 Å². The number of rotatable bonds is 1. The molecule has 0 saturated heterocycles. The van der Waals surface area contributed by atoms with E-state index in [0.29, 0.717) is 5.82 Å². The van der Waals surface area contributed by atoms with Crippen LogP contribution in [-0.2, 0) is 0 Å². The molecular formula is C12H9N3O2S. The highest BCUT2D eigenvalue weighted by atomic mass is 32.2. The summed E-state index contributed by atoms with van der Waals surface area (Å²) in [5, 5.41) is 13.9. The van der Waals surface area contributed by atoms with Gasteiger partial charge in [0.25, 0.3) is 5.69 Å². The number of nitrogens with one attached hydrogen (secondary N) is 1. The molecule has 0 radical (unpaired) electrons. The largest absolute Gasteiger partial charge is 0.338 e. The minimum absolute atomic E-state index is 0.0131. The van der Waals surface area contributed by atoms with Crippen molar-refractivity contribution in [1.82, 2.24) is 4.98 Å². The zero-order chi connectivity index (χ0) is 12.7. The molecule has 0 aliphatic carbocycles. The number of nitrogens with zero attached hydrogens (tertiary/aromatic N) is 2. The third-order valence-corrected chi connectivity index (χ3v) is 3.75. The Kier molecular flexibility index (Phi) is 2.45. The Morgan fingerprint density at radius 3 is 2.94 bits per heavy atom. The Bertz CT molecular complexity index is 658. The van der Waals surface area contributed by atoms with Crippen LogP contribution in [0.3, 0.4) is 0 Å². The molecule has 2 aromatic rings. The van der Waals surface area contributed by atoms with Gasteiger partial charge in [0.15, 0.2) is 0 Å². The lowest BCUT2D eigenvalue weighted by molar-refractivity contribution is -0.385. The molecule has 6 heteroatoms. The van der Waals surface area contributed by atoms with Crippen LogP contribution >= 0.6 is 11.8 Å². The van der Waals surface area contributed by atoms with Gasteiger partial charge >= 0.3 is 0 Å². The first-order valence-electron chi connectivity index (χ1n) is 5.33. The van der Waals surface area contributed by atoms with E-state index in [-0.39, 0.29) is 5.69 Å². The Morgan fingerprint density at radius 1 is 1.33 bits per heavy atom. The fourth-order valence-electron chi connectivity index (χ4n) is 1.77. The van der Waals surface area contributed by atoms with Crippen molar-refractivity contribution in [3.63, 3.8) is 0 Å². The van der Waals surface area contributed by atoms with E-state index in [4.69, 9.17) is 0 Å². The van der Waals surface area contributed by atoms with Crippen molar-refractivity contribution < 1.29 is 4.92 Å². The zero-order valence-electron chi connectivity index (χ0n) is 9.51. The third kappa shape index (κ3) is 1.80. The van der Waals surface area contributed by atoms with Crippen LogP contribution in [0.1, 0.15) is 5.56 Å². The Morgan fingerprint density at radius 2 is 2.17 bits per heavy atom. The molecule has 0 amide bonds. The SMILES string of the molecule is Cc1ccc2c(c1)Sc1cc([N+](=O)[O-])cnc1N2. The molecule has 0 saturated carbocycles. The summed E-state index contributed by atoms with van der Waals surface area (Å²) in [6.07, 6.45) is 1.27. The van der Waals surface area contributed by atoms with Crippen molar-refractivity contribution in [3.8, 4) is 0 Å². The average Bonchev–Trinajstić information content (AvgIpc) is 2.35. The minimum atomic E-state index is -0.431. The van der Waals surface area contributed by atoms with Gasteiger partial charge in [0.1, 0.15) is 12.0 Å². The first kappa shape index (κ1) is 11.0. The van der Waals surface area contributed by atoms with Gasteiger partial charge in [-0.2, -0.15) is 0 Å². The molecule has 0 fully saturated rings. The van der Waals surface area contributed by atoms with Crippen LogP contribution in [0.5, 0.6) is 0 Å². The average molecular weight is 259 g/mol. The highest BCUT2D eigenvalue weighted by Gasteiger charge is 2.19. The van der Waals surface area contributed by atoms with Crippen molar-refractivity contribution in [1.29, 1.82) is 0 Å². The maximum atomic E-state index is 10.7. The quantitative estimate of drug-likeness (QED) is 0.535. The molecule has 1 aromatic carbocycles. The summed E-state index contributed by atoms with van der Waals surface area (Å²) >= 11 is 1.50. The second-order valence-electron chi connectivity index (χ2n) is 4.02. The van der Waals surface area contributed by atoms with Crippen LogP contribution < -0.4 is 5.32 Å². The third-order valence-electron chi connectivity index (χ3n) is 2.66. The lowest BCUT2D eigenvalue weighted by atomic mass is 10.2. The van der Waals surface area contributed by atoms with Crippen LogP contribution in [0.4, 0.5) is 17.2 Å². The first-order valence-corrected chi connectivity index (χ1v) is 6.15. The molecule has 1 aliphatic heterocycles. The van der Waals surface area contributed by atoms with Gasteiger partial charge in [0, 0.05) is 11.0 Å². The predicted octanol–water partition coefficient (Wildman–Crippen LogP) is 3.51. The molecule has 0 spiro atoms. The van der Waals surface area contributed by atoms with E-state index >= 15 is 0 Å². The summed E-state index contributed by atoms with van der Waals surface area (Å²) < 4.78 is 0. The number of hydrogen-bond acceptors (Lipinski definition) is 5. The molecule has 90 valence electrons. The fraction of sp³-hybridized carbons (Fsp3) is 0.0833. The van der Waals surface area contributed by atoms with Crippen LogP contribution in [-0.4, -0.2) is 9.91 Å². The van der Waals surface area contributed by atoms with Crippen LogP contribution in [0.25, 0.3) is 0 Å². The predicted molar refractivity (Wildman–Crippen MR) is 69.5 cm³/mol. The second-order valence-corrected chi connectivity index (χ2v) is 5.11. The van der Waals surface area contributed by atoms with Crippen molar-refractivity contribution in [2.75, 3.05) is 5.32 Å². The normalized spacial score (nSPS) is 12.3. The zero-order valence-corrected chi connectivity index (χ0v) is 10.3. The molecule has 18 heavy (non-hydrogen) atoms. The van der Waals surface area contributed by atoms with Crippen LogP contribution in [0, 0.1) is 17.0 Å². The van der Waals surface area contributed by atoms with Gasteiger partial charge in [-0.05, 0) is 24.6 Å². The summed E-state index contributed by atoms with van der Waals surface area (Å²) in [4.78, 5) is 16.2. The number of hydrogen-bond donors (Lipinski definition) is 1. The minimum Gasteiger partial charge on any atom is -0.338 e.